The van der Waals surface area contributed by atoms with Crippen LogP contribution in [-0.2, 0) is 5.41 Å². The van der Waals surface area contributed by atoms with Crippen molar-refractivity contribution in [1.82, 2.24) is 9.97 Å². The maximum atomic E-state index is 12.8. The Labute approximate surface area is 174 Å². The van der Waals surface area contributed by atoms with Crippen molar-refractivity contribution >= 4 is 29.1 Å². The predicted molar refractivity (Wildman–Crippen MR) is 114 cm³/mol. The van der Waals surface area contributed by atoms with Gasteiger partial charge in [-0.15, -0.1) is 0 Å². The van der Waals surface area contributed by atoms with Crippen LogP contribution in [-0.4, -0.2) is 21.8 Å². The average Bonchev–Trinajstić information content (AvgIpc) is 2.69. The summed E-state index contributed by atoms with van der Waals surface area (Å²) in [4.78, 5) is 32.9. The summed E-state index contributed by atoms with van der Waals surface area (Å²) in [5.41, 5.74) is 8.11. The quantitative estimate of drug-likeness (QED) is 0.666. The molecule has 0 fully saturated rings. The third-order valence-corrected chi connectivity index (χ3v) is 4.69. The van der Waals surface area contributed by atoms with Gasteiger partial charge in [-0.1, -0.05) is 38.4 Å². The van der Waals surface area contributed by atoms with Crippen molar-refractivity contribution in [2.75, 3.05) is 5.32 Å². The molecule has 29 heavy (non-hydrogen) atoms. The Morgan fingerprint density at radius 2 is 1.83 bits per heavy atom. The topological polar surface area (TPSA) is 98.0 Å². The fourth-order valence-electron chi connectivity index (χ4n) is 2.88. The summed E-state index contributed by atoms with van der Waals surface area (Å²) in [7, 11) is 0. The maximum Gasteiger partial charge on any atom is 0.267 e. The summed E-state index contributed by atoms with van der Waals surface area (Å²) >= 11 is 6.30. The number of carbonyl (C=O) groups is 2. The smallest absolute Gasteiger partial charge is 0.267 e. The van der Waals surface area contributed by atoms with Crippen LogP contribution >= 0.6 is 11.6 Å². The zero-order valence-electron chi connectivity index (χ0n) is 16.4. The zero-order chi connectivity index (χ0) is 21.2. The second-order valence-electron chi connectivity index (χ2n) is 7.60. The van der Waals surface area contributed by atoms with Crippen LogP contribution in [0, 0.1) is 0 Å². The Morgan fingerprint density at radius 1 is 1.07 bits per heavy atom. The van der Waals surface area contributed by atoms with Crippen LogP contribution in [0.1, 0.15) is 47.2 Å². The highest BCUT2D eigenvalue weighted by molar-refractivity contribution is 6.33. The third kappa shape index (κ3) is 4.60. The SMILES string of the molecule is CC(C)(C)c1cc(C(=O)Nc2ccc(Cl)c(-c3ccccn3)c2)cnc1C(N)=O. The number of hydrogen-bond acceptors (Lipinski definition) is 4. The van der Waals surface area contributed by atoms with Crippen molar-refractivity contribution in [2.45, 2.75) is 26.2 Å². The molecule has 1 aromatic carbocycles. The Balaban J connectivity index is 1.92. The van der Waals surface area contributed by atoms with Gasteiger partial charge < -0.3 is 11.1 Å². The fraction of sp³-hybridized carbons (Fsp3) is 0.182. The number of nitrogens with two attached hydrogens (primary N) is 1. The van der Waals surface area contributed by atoms with Crippen LogP contribution in [0.15, 0.2) is 54.9 Å². The first-order valence-corrected chi connectivity index (χ1v) is 9.37. The summed E-state index contributed by atoms with van der Waals surface area (Å²) in [6.45, 7) is 5.78. The van der Waals surface area contributed by atoms with E-state index in [1.807, 2.05) is 39.0 Å². The van der Waals surface area contributed by atoms with E-state index in [-0.39, 0.29) is 11.6 Å². The molecule has 0 saturated carbocycles. The summed E-state index contributed by atoms with van der Waals surface area (Å²) in [6.07, 6.45) is 3.02. The molecule has 2 aromatic heterocycles. The predicted octanol–water partition coefficient (Wildman–Crippen LogP) is 4.45. The normalized spacial score (nSPS) is 11.2. The first-order chi connectivity index (χ1) is 13.7. The van der Waals surface area contributed by atoms with Gasteiger partial charge in [-0.3, -0.25) is 14.6 Å². The maximum absolute atomic E-state index is 12.8. The molecule has 0 saturated heterocycles. The third-order valence-electron chi connectivity index (χ3n) is 4.36. The van der Waals surface area contributed by atoms with Gasteiger partial charge in [0.1, 0.15) is 5.69 Å². The minimum Gasteiger partial charge on any atom is -0.364 e. The summed E-state index contributed by atoms with van der Waals surface area (Å²) in [6, 6.07) is 12.4. The number of amides is 2. The van der Waals surface area contributed by atoms with Gasteiger partial charge in [-0.05, 0) is 47.4 Å². The molecule has 0 aliphatic rings. The second-order valence-corrected chi connectivity index (χ2v) is 8.01. The largest absolute Gasteiger partial charge is 0.364 e. The number of anilines is 1. The van der Waals surface area contributed by atoms with Gasteiger partial charge in [0.2, 0.25) is 0 Å². The van der Waals surface area contributed by atoms with Crippen molar-refractivity contribution in [3.8, 4) is 11.3 Å². The van der Waals surface area contributed by atoms with Crippen LogP contribution in [0.25, 0.3) is 11.3 Å². The number of pyridine rings is 2. The number of aromatic nitrogens is 2. The number of halogens is 1. The van der Waals surface area contributed by atoms with E-state index >= 15 is 0 Å². The van der Waals surface area contributed by atoms with E-state index in [1.54, 1.807) is 30.5 Å². The van der Waals surface area contributed by atoms with E-state index in [0.29, 0.717) is 33.1 Å². The van der Waals surface area contributed by atoms with E-state index in [2.05, 4.69) is 15.3 Å². The molecule has 0 unspecified atom stereocenters. The lowest BCUT2D eigenvalue weighted by Crippen LogP contribution is -2.24. The minimum absolute atomic E-state index is 0.165. The molecule has 3 aromatic rings. The van der Waals surface area contributed by atoms with Crippen molar-refractivity contribution in [1.29, 1.82) is 0 Å². The number of nitrogens with zero attached hydrogens (tertiary/aromatic N) is 2. The van der Waals surface area contributed by atoms with Crippen LogP contribution in [0.3, 0.4) is 0 Å². The molecular weight excluding hydrogens is 388 g/mol. The van der Waals surface area contributed by atoms with Gasteiger partial charge >= 0.3 is 0 Å². The number of rotatable bonds is 4. The lowest BCUT2D eigenvalue weighted by Gasteiger charge is -2.21. The molecule has 0 aliphatic carbocycles. The Hall–Kier alpha value is -3.25. The molecule has 148 valence electrons. The molecule has 0 bridgehead atoms. The number of nitrogens with one attached hydrogen (secondary N) is 1. The second kappa shape index (κ2) is 8.01. The molecule has 6 nitrogen and oxygen atoms in total. The van der Waals surface area contributed by atoms with Crippen LogP contribution in [0.5, 0.6) is 0 Å². The molecular formula is C22H21ClN4O2. The van der Waals surface area contributed by atoms with Crippen LogP contribution in [0.4, 0.5) is 5.69 Å². The molecule has 0 radical (unpaired) electrons. The minimum atomic E-state index is -0.625. The van der Waals surface area contributed by atoms with E-state index in [9.17, 15) is 9.59 Å². The standard InChI is InChI=1S/C22H21ClN4O2/c1-22(2,3)16-10-13(12-26-19(16)20(24)28)21(29)27-14-7-8-17(23)15(11-14)18-6-4-5-9-25-18/h4-12H,1-3H3,(H2,24,28)(H,27,29). The highest BCUT2D eigenvalue weighted by atomic mass is 35.5. The number of hydrogen-bond donors (Lipinski definition) is 2. The molecule has 2 amide bonds. The average molecular weight is 409 g/mol. The molecule has 3 rings (SSSR count). The number of benzene rings is 1. The number of carbonyl (C=O) groups excluding carboxylic acids is 2. The van der Waals surface area contributed by atoms with Crippen molar-refractivity contribution in [2.24, 2.45) is 5.73 Å². The monoisotopic (exact) mass is 408 g/mol. The van der Waals surface area contributed by atoms with E-state index < -0.39 is 11.3 Å². The van der Waals surface area contributed by atoms with Crippen molar-refractivity contribution < 1.29 is 9.59 Å². The van der Waals surface area contributed by atoms with Crippen LogP contribution < -0.4 is 11.1 Å². The highest BCUT2D eigenvalue weighted by Gasteiger charge is 2.24. The fourth-order valence-corrected chi connectivity index (χ4v) is 3.10. The molecule has 2 heterocycles. The summed E-state index contributed by atoms with van der Waals surface area (Å²) < 4.78 is 0. The zero-order valence-corrected chi connectivity index (χ0v) is 17.1. The molecule has 0 aliphatic heterocycles. The van der Waals surface area contributed by atoms with E-state index in [0.717, 1.165) is 0 Å². The Bertz CT molecular complexity index is 1080. The molecule has 0 spiro atoms. The Kier molecular flexibility index (Phi) is 5.66. The summed E-state index contributed by atoms with van der Waals surface area (Å²) in [5.74, 6) is -0.979. The first kappa shape index (κ1) is 20.5. The highest BCUT2D eigenvalue weighted by Crippen LogP contribution is 2.30. The van der Waals surface area contributed by atoms with Crippen LogP contribution in [0.2, 0.25) is 5.02 Å². The first-order valence-electron chi connectivity index (χ1n) is 8.99. The van der Waals surface area contributed by atoms with Gasteiger partial charge in [-0.2, -0.15) is 0 Å². The van der Waals surface area contributed by atoms with Gasteiger partial charge in [0.15, 0.2) is 0 Å². The Morgan fingerprint density at radius 3 is 2.45 bits per heavy atom. The van der Waals surface area contributed by atoms with Crippen molar-refractivity contribution in [3.05, 3.63) is 76.7 Å². The van der Waals surface area contributed by atoms with Gasteiger partial charge in [0.25, 0.3) is 11.8 Å². The lowest BCUT2D eigenvalue weighted by molar-refractivity contribution is 0.0988. The number of primary amides is 1. The van der Waals surface area contributed by atoms with Crippen molar-refractivity contribution in [3.63, 3.8) is 0 Å². The molecule has 3 N–H and O–H groups in total. The summed E-state index contributed by atoms with van der Waals surface area (Å²) in [5, 5.41) is 3.37. The molecule has 7 heteroatoms. The van der Waals surface area contributed by atoms with Gasteiger partial charge in [0.05, 0.1) is 16.3 Å². The van der Waals surface area contributed by atoms with E-state index in [1.165, 1.54) is 6.20 Å². The lowest BCUT2D eigenvalue weighted by atomic mass is 9.85. The molecule has 0 atom stereocenters. The van der Waals surface area contributed by atoms with E-state index in [4.69, 9.17) is 17.3 Å². The van der Waals surface area contributed by atoms with Gasteiger partial charge in [0, 0.05) is 23.6 Å². The van der Waals surface area contributed by atoms with Gasteiger partial charge in [-0.25, -0.2) is 4.98 Å².